The van der Waals surface area contributed by atoms with Crippen molar-refractivity contribution >= 4 is 11.7 Å². The Balaban J connectivity index is 1.60. The number of hydrogen-bond donors (Lipinski definition) is 2. The van der Waals surface area contributed by atoms with Crippen LogP contribution >= 0.6 is 0 Å². The Labute approximate surface area is 148 Å². The van der Waals surface area contributed by atoms with Crippen LogP contribution in [-0.4, -0.2) is 10.9 Å². The fourth-order valence-electron chi connectivity index (χ4n) is 2.26. The van der Waals surface area contributed by atoms with Gasteiger partial charge in [0.1, 0.15) is 23.1 Å². The van der Waals surface area contributed by atoms with Crippen LogP contribution in [0.25, 0.3) is 0 Å². The van der Waals surface area contributed by atoms with Crippen molar-refractivity contribution in [2.75, 3.05) is 5.73 Å². The van der Waals surface area contributed by atoms with E-state index in [2.05, 4.69) is 10.3 Å². The number of aromatic nitrogens is 1. The minimum atomic E-state index is -0.743. The summed E-state index contributed by atoms with van der Waals surface area (Å²) in [6.07, 6.45) is 0. The SMILES string of the molecule is Nc1nc(F)ccc1C(=O)NCc1ccc(Oc2cccc(F)c2)cc1. The number of nitrogens with one attached hydrogen (secondary N) is 1. The molecule has 1 heterocycles. The van der Waals surface area contributed by atoms with E-state index >= 15 is 0 Å². The lowest BCUT2D eigenvalue weighted by Gasteiger charge is -2.09. The number of hydrogen-bond acceptors (Lipinski definition) is 4. The highest BCUT2D eigenvalue weighted by molar-refractivity contribution is 5.98. The molecule has 7 heteroatoms. The van der Waals surface area contributed by atoms with Crippen LogP contribution in [0.4, 0.5) is 14.6 Å². The molecule has 3 N–H and O–H groups in total. The van der Waals surface area contributed by atoms with Crippen LogP contribution in [0.1, 0.15) is 15.9 Å². The molecule has 5 nitrogen and oxygen atoms in total. The molecule has 1 aromatic heterocycles. The molecule has 0 aliphatic carbocycles. The Kier molecular flexibility index (Phi) is 5.07. The summed E-state index contributed by atoms with van der Waals surface area (Å²) >= 11 is 0. The molecule has 0 bridgehead atoms. The number of nitrogens with zero attached hydrogens (tertiary/aromatic N) is 1. The molecular formula is C19H15F2N3O2. The van der Waals surface area contributed by atoms with E-state index in [0.29, 0.717) is 11.5 Å². The van der Waals surface area contributed by atoms with Crippen molar-refractivity contribution in [3.8, 4) is 11.5 Å². The van der Waals surface area contributed by atoms with E-state index in [1.54, 1.807) is 36.4 Å². The van der Waals surface area contributed by atoms with Crippen LogP contribution in [0, 0.1) is 11.8 Å². The largest absolute Gasteiger partial charge is 0.457 e. The lowest BCUT2D eigenvalue weighted by molar-refractivity contribution is 0.0951. The maximum atomic E-state index is 13.1. The monoisotopic (exact) mass is 355 g/mol. The van der Waals surface area contributed by atoms with Gasteiger partial charge >= 0.3 is 0 Å². The quantitative estimate of drug-likeness (QED) is 0.685. The van der Waals surface area contributed by atoms with Gasteiger partial charge in [0.15, 0.2) is 0 Å². The number of nitrogen functional groups attached to an aromatic ring is 1. The van der Waals surface area contributed by atoms with E-state index in [1.807, 2.05) is 0 Å². The van der Waals surface area contributed by atoms with E-state index in [1.165, 1.54) is 18.2 Å². The standard InChI is InChI=1S/C19H15F2N3O2/c20-13-2-1-3-15(10-13)26-14-6-4-12(5-7-14)11-23-19(25)16-8-9-17(21)24-18(16)22/h1-10H,11H2,(H2,22,24)(H,23,25). The van der Waals surface area contributed by atoms with Gasteiger partial charge in [-0.1, -0.05) is 18.2 Å². The van der Waals surface area contributed by atoms with E-state index in [-0.39, 0.29) is 23.7 Å². The van der Waals surface area contributed by atoms with Gasteiger partial charge in [-0.3, -0.25) is 4.79 Å². The summed E-state index contributed by atoms with van der Waals surface area (Å²) in [5.74, 6) is -0.802. The maximum absolute atomic E-state index is 13.1. The number of anilines is 1. The molecule has 0 saturated heterocycles. The second-order valence-electron chi connectivity index (χ2n) is 5.45. The first kappa shape index (κ1) is 17.3. The van der Waals surface area contributed by atoms with Gasteiger partial charge < -0.3 is 15.8 Å². The zero-order valence-electron chi connectivity index (χ0n) is 13.6. The van der Waals surface area contributed by atoms with Gasteiger partial charge in [-0.25, -0.2) is 9.37 Å². The van der Waals surface area contributed by atoms with Crippen molar-refractivity contribution in [3.05, 3.63) is 83.6 Å². The normalized spacial score (nSPS) is 10.4. The molecule has 0 saturated carbocycles. The van der Waals surface area contributed by atoms with Crippen molar-refractivity contribution in [3.63, 3.8) is 0 Å². The minimum Gasteiger partial charge on any atom is -0.457 e. The number of benzene rings is 2. The second-order valence-corrected chi connectivity index (χ2v) is 5.45. The third-order valence-corrected chi connectivity index (χ3v) is 3.54. The molecule has 0 radical (unpaired) electrons. The summed E-state index contributed by atoms with van der Waals surface area (Å²) in [5, 5.41) is 2.68. The topological polar surface area (TPSA) is 77.2 Å². The van der Waals surface area contributed by atoms with Crippen LogP contribution in [0.2, 0.25) is 0 Å². The highest BCUT2D eigenvalue weighted by atomic mass is 19.1. The highest BCUT2D eigenvalue weighted by Crippen LogP contribution is 2.22. The van der Waals surface area contributed by atoms with Crippen LogP contribution in [-0.2, 0) is 6.54 Å². The Morgan fingerprint density at radius 1 is 1.04 bits per heavy atom. The summed E-state index contributed by atoms with van der Waals surface area (Å²) in [6, 6.07) is 15.1. The van der Waals surface area contributed by atoms with Gasteiger partial charge in [-0.2, -0.15) is 4.39 Å². The van der Waals surface area contributed by atoms with Crippen LogP contribution < -0.4 is 15.8 Å². The third kappa shape index (κ3) is 4.32. The van der Waals surface area contributed by atoms with Gasteiger partial charge in [0.2, 0.25) is 5.95 Å². The number of pyridine rings is 1. The molecule has 3 aromatic rings. The summed E-state index contributed by atoms with van der Waals surface area (Å²) in [5.41, 5.74) is 6.47. The number of amides is 1. The molecule has 0 spiro atoms. The van der Waals surface area contributed by atoms with Crippen LogP contribution in [0.15, 0.2) is 60.7 Å². The molecule has 26 heavy (non-hydrogen) atoms. The summed E-state index contributed by atoms with van der Waals surface area (Å²) in [7, 11) is 0. The molecular weight excluding hydrogens is 340 g/mol. The zero-order chi connectivity index (χ0) is 18.5. The van der Waals surface area contributed by atoms with Crippen molar-refractivity contribution in [1.29, 1.82) is 0 Å². The Hall–Kier alpha value is -3.48. The van der Waals surface area contributed by atoms with Gasteiger partial charge in [0.05, 0.1) is 5.56 Å². The Morgan fingerprint density at radius 2 is 1.81 bits per heavy atom. The molecule has 2 aromatic carbocycles. The van der Waals surface area contributed by atoms with Crippen molar-refractivity contribution in [2.45, 2.75) is 6.54 Å². The fraction of sp³-hybridized carbons (Fsp3) is 0.0526. The highest BCUT2D eigenvalue weighted by Gasteiger charge is 2.11. The first-order valence-corrected chi connectivity index (χ1v) is 7.74. The average molecular weight is 355 g/mol. The maximum Gasteiger partial charge on any atom is 0.255 e. The van der Waals surface area contributed by atoms with Crippen LogP contribution in [0.3, 0.4) is 0 Å². The van der Waals surface area contributed by atoms with Crippen molar-refractivity contribution < 1.29 is 18.3 Å². The lowest BCUT2D eigenvalue weighted by Crippen LogP contribution is -2.24. The van der Waals surface area contributed by atoms with E-state index < -0.39 is 11.9 Å². The zero-order valence-corrected chi connectivity index (χ0v) is 13.6. The molecule has 0 fully saturated rings. The molecule has 1 amide bonds. The minimum absolute atomic E-state index is 0.109. The number of halogens is 2. The molecule has 0 aliphatic rings. The molecule has 132 valence electrons. The smallest absolute Gasteiger partial charge is 0.255 e. The number of nitrogens with two attached hydrogens (primary N) is 1. The van der Waals surface area contributed by atoms with Gasteiger partial charge in [0.25, 0.3) is 5.91 Å². The third-order valence-electron chi connectivity index (χ3n) is 3.54. The average Bonchev–Trinajstić information content (AvgIpc) is 2.61. The van der Waals surface area contributed by atoms with Crippen molar-refractivity contribution in [2.24, 2.45) is 0 Å². The summed E-state index contributed by atoms with van der Waals surface area (Å²) in [6.45, 7) is 0.246. The fourth-order valence-corrected chi connectivity index (χ4v) is 2.26. The predicted molar refractivity (Wildman–Crippen MR) is 92.7 cm³/mol. The number of rotatable bonds is 5. The van der Waals surface area contributed by atoms with E-state index in [4.69, 9.17) is 10.5 Å². The second kappa shape index (κ2) is 7.60. The number of carbonyl (C=O) groups is 1. The van der Waals surface area contributed by atoms with Gasteiger partial charge in [0, 0.05) is 12.6 Å². The van der Waals surface area contributed by atoms with E-state index in [0.717, 1.165) is 11.6 Å². The predicted octanol–water partition coefficient (Wildman–Crippen LogP) is 3.66. The van der Waals surface area contributed by atoms with Crippen LogP contribution in [0.5, 0.6) is 11.5 Å². The van der Waals surface area contributed by atoms with Crippen molar-refractivity contribution in [1.82, 2.24) is 10.3 Å². The number of carbonyl (C=O) groups excluding carboxylic acids is 1. The molecule has 3 rings (SSSR count). The first-order valence-electron chi connectivity index (χ1n) is 7.74. The lowest BCUT2D eigenvalue weighted by atomic mass is 10.2. The van der Waals surface area contributed by atoms with E-state index in [9.17, 15) is 13.6 Å². The van der Waals surface area contributed by atoms with Gasteiger partial charge in [-0.15, -0.1) is 0 Å². The Morgan fingerprint density at radius 3 is 2.50 bits per heavy atom. The molecule has 0 unspecified atom stereocenters. The summed E-state index contributed by atoms with van der Waals surface area (Å²) < 4.78 is 31.6. The molecule has 0 atom stereocenters. The summed E-state index contributed by atoms with van der Waals surface area (Å²) in [4.78, 5) is 15.5. The number of ether oxygens (including phenoxy) is 1. The first-order chi connectivity index (χ1) is 12.5. The van der Waals surface area contributed by atoms with Gasteiger partial charge in [-0.05, 0) is 42.0 Å². The Bertz CT molecular complexity index is 930. The molecule has 0 aliphatic heterocycles.